The number of benzene rings is 1. The molecule has 0 aliphatic carbocycles. The molecule has 0 saturated carbocycles. The van der Waals surface area contributed by atoms with Gasteiger partial charge in [-0.25, -0.2) is 0 Å². The summed E-state index contributed by atoms with van der Waals surface area (Å²) in [5.41, 5.74) is -6.20. The Hall–Kier alpha value is -2.28. The number of rotatable bonds is 10. The fourth-order valence-electron chi connectivity index (χ4n) is 2.00. The standard InChI is InChI=1S/C16H19F3N2O6S2.2CH4/c1-28-11-13(22)20-9-10-27-15(24)8-7-14(23)21(12-5-3-2-4-6-12)29(25,26)16(17,18)19;;/h2-6H,7-11H2,1H3,(H,20,22);2*1H4. The number of thioether (sulfide) groups is 1. The number of amides is 2. The lowest BCUT2D eigenvalue weighted by atomic mass is 10.2. The van der Waals surface area contributed by atoms with Crippen molar-refractivity contribution in [3.63, 3.8) is 0 Å². The van der Waals surface area contributed by atoms with Gasteiger partial charge < -0.3 is 10.1 Å². The minimum Gasteiger partial charge on any atom is -0.464 e. The van der Waals surface area contributed by atoms with Crippen molar-refractivity contribution in [1.82, 2.24) is 5.32 Å². The Bertz CT molecular complexity index is 817. The van der Waals surface area contributed by atoms with E-state index in [9.17, 15) is 36.0 Å². The molecule has 0 spiro atoms. The number of sulfonamides is 1. The third kappa shape index (κ3) is 9.59. The maximum absolute atomic E-state index is 12.9. The van der Waals surface area contributed by atoms with E-state index in [1.165, 1.54) is 30.0 Å². The van der Waals surface area contributed by atoms with Crippen LogP contribution in [0.2, 0.25) is 0 Å². The van der Waals surface area contributed by atoms with Gasteiger partial charge in [-0.15, -0.1) is 0 Å². The van der Waals surface area contributed by atoms with Gasteiger partial charge in [0.25, 0.3) is 0 Å². The van der Waals surface area contributed by atoms with E-state index in [-0.39, 0.29) is 44.0 Å². The molecule has 1 N–H and O–H groups in total. The van der Waals surface area contributed by atoms with E-state index in [1.807, 2.05) is 0 Å². The molecule has 0 aromatic heterocycles. The number of carbonyl (C=O) groups excluding carboxylic acids is 3. The van der Waals surface area contributed by atoms with Gasteiger partial charge in [-0.3, -0.25) is 14.4 Å². The summed E-state index contributed by atoms with van der Waals surface area (Å²) in [5, 5.41) is 2.46. The maximum atomic E-state index is 12.9. The Balaban J connectivity index is 0. The first-order valence-corrected chi connectivity index (χ1v) is 10.9. The van der Waals surface area contributed by atoms with Crippen molar-refractivity contribution in [2.75, 3.05) is 29.5 Å². The van der Waals surface area contributed by atoms with Crippen LogP contribution in [0.4, 0.5) is 18.9 Å². The van der Waals surface area contributed by atoms with Crippen LogP contribution in [0.5, 0.6) is 0 Å². The number of hydrogen-bond acceptors (Lipinski definition) is 7. The zero-order valence-electron chi connectivity index (χ0n) is 15.3. The highest BCUT2D eigenvalue weighted by Crippen LogP contribution is 2.31. The topological polar surface area (TPSA) is 110 Å². The predicted octanol–water partition coefficient (Wildman–Crippen LogP) is 2.94. The van der Waals surface area contributed by atoms with Gasteiger partial charge in [0.2, 0.25) is 11.8 Å². The molecule has 1 rings (SSSR count). The molecule has 1 aromatic rings. The Labute approximate surface area is 184 Å². The molecule has 0 unspecified atom stereocenters. The minimum absolute atomic E-state index is 0. The number of nitrogens with one attached hydrogen (secondary N) is 1. The summed E-state index contributed by atoms with van der Waals surface area (Å²) in [6.07, 6.45) is 0.282. The molecule has 2 amide bonds. The second kappa shape index (κ2) is 13.9. The molecule has 0 heterocycles. The third-order valence-electron chi connectivity index (χ3n) is 3.26. The van der Waals surface area contributed by atoms with Crippen LogP contribution in [0.25, 0.3) is 0 Å². The highest BCUT2D eigenvalue weighted by atomic mass is 32.2. The second-order valence-electron chi connectivity index (χ2n) is 5.45. The number of para-hydroxylation sites is 1. The van der Waals surface area contributed by atoms with E-state index >= 15 is 0 Å². The Morgan fingerprint density at radius 2 is 1.68 bits per heavy atom. The van der Waals surface area contributed by atoms with Crippen molar-refractivity contribution in [1.29, 1.82) is 0 Å². The van der Waals surface area contributed by atoms with Crippen LogP contribution < -0.4 is 9.62 Å². The summed E-state index contributed by atoms with van der Waals surface area (Å²) in [7, 11) is -5.99. The molecule has 178 valence electrons. The van der Waals surface area contributed by atoms with Crippen LogP contribution in [0, 0.1) is 0 Å². The Morgan fingerprint density at radius 1 is 1.10 bits per heavy atom. The monoisotopic (exact) mass is 488 g/mol. The molecular formula is C18H27F3N2O6S2. The molecule has 1 aromatic carbocycles. The van der Waals surface area contributed by atoms with Crippen LogP contribution in [-0.4, -0.2) is 56.9 Å². The van der Waals surface area contributed by atoms with Gasteiger partial charge in [-0.1, -0.05) is 33.1 Å². The van der Waals surface area contributed by atoms with Crippen LogP contribution in [0.1, 0.15) is 27.7 Å². The summed E-state index contributed by atoms with van der Waals surface area (Å²) in [5.74, 6) is -2.39. The van der Waals surface area contributed by atoms with E-state index in [0.29, 0.717) is 0 Å². The average molecular weight is 489 g/mol. The van der Waals surface area contributed by atoms with E-state index in [1.54, 1.807) is 6.26 Å². The molecule has 8 nitrogen and oxygen atoms in total. The molecule has 0 atom stereocenters. The zero-order chi connectivity index (χ0) is 22.1. The van der Waals surface area contributed by atoms with Crippen molar-refractivity contribution in [3.05, 3.63) is 30.3 Å². The van der Waals surface area contributed by atoms with Crippen LogP contribution >= 0.6 is 11.8 Å². The quantitative estimate of drug-likeness (QED) is 0.398. The average Bonchev–Trinajstić information content (AvgIpc) is 2.64. The summed E-state index contributed by atoms with van der Waals surface area (Å²) < 4.78 is 66.8. The SMILES string of the molecule is C.C.CSCC(=O)NCCOC(=O)CCC(=O)N(c1ccccc1)S(=O)(=O)C(F)(F)F. The van der Waals surface area contributed by atoms with Crippen molar-refractivity contribution in [2.24, 2.45) is 0 Å². The number of ether oxygens (including phenoxy) is 1. The minimum atomic E-state index is -5.99. The number of esters is 1. The van der Waals surface area contributed by atoms with Gasteiger partial charge in [0.15, 0.2) is 0 Å². The number of anilines is 1. The normalized spacial score (nSPS) is 10.8. The number of nitrogens with zero attached hydrogens (tertiary/aromatic N) is 1. The predicted molar refractivity (Wildman–Crippen MR) is 114 cm³/mol. The zero-order valence-corrected chi connectivity index (χ0v) is 16.9. The largest absolute Gasteiger partial charge is 0.517 e. The van der Waals surface area contributed by atoms with E-state index in [0.717, 1.165) is 12.1 Å². The molecule has 0 aliphatic heterocycles. The number of carbonyl (C=O) groups is 3. The fraction of sp³-hybridized carbons (Fsp3) is 0.500. The molecule has 0 bridgehead atoms. The molecule has 0 fully saturated rings. The summed E-state index contributed by atoms with van der Waals surface area (Å²) in [4.78, 5) is 35.1. The molecule has 0 radical (unpaired) electrons. The number of alkyl halides is 3. The van der Waals surface area contributed by atoms with Crippen molar-refractivity contribution < 1.29 is 40.7 Å². The van der Waals surface area contributed by atoms with E-state index < -0.39 is 45.9 Å². The Morgan fingerprint density at radius 3 is 2.19 bits per heavy atom. The Kier molecular flexibility index (Phi) is 13.9. The summed E-state index contributed by atoms with van der Waals surface area (Å²) >= 11 is 1.30. The molecular weight excluding hydrogens is 461 g/mol. The highest BCUT2D eigenvalue weighted by Gasteiger charge is 2.52. The van der Waals surface area contributed by atoms with Gasteiger partial charge in [0.05, 0.1) is 24.4 Å². The van der Waals surface area contributed by atoms with Gasteiger partial charge >= 0.3 is 21.5 Å². The van der Waals surface area contributed by atoms with Gasteiger partial charge in [-0.2, -0.15) is 37.7 Å². The first-order chi connectivity index (χ1) is 13.5. The lowest BCUT2D eigenvalue weighted by Gasteiger charge is -2.23. The highest BCUT2D eigenvalue weighted by molar-refractivity contribution is 7.99. The lowest BCUT2D eigenvalue weighted by Crippen LogP contribution is -2.44. The third-order valence-corrected chi connectivity index (χ3v) is 5.29. The van der Waals surface area contributed by atoms with Gasteiger partial charge in [0.1, 0.15) is 6.61 Å². The van der Waals surface area contributed by atoms with Gasteiger partial charge in [0, 0.05) is 6.42 Å². The van der Waals surface area contributed by atoms with Crippen LogP contribution in [0.3, 0.4) is 0 Å². The smallest absolute Gasteiger partial charge is 0.464 e. The molecule has 0 aliphatic rings. The maximum Gasteiger partial charge on any atom is 0.517 e. The fourth-order valence-corrected chi connectivity index (χ4v) is 3.33. The van der Waals surface area contributed by atoms with Crippen LogP contribution in [-0.2, 0) is 29.1 Å². The first-order valence-electron chi connectivity index (χ1n) is 8.11. The first kappa shape index (κ1) is 30.9. The van der Waals surface area contributed by atoms with E-state index in [2.05, 4.69) is 5.32 Å². The van der Waals surface area contributed by atoms with Crippen molar-refractivity contribution in [3.8, 4) is 0 Å². The van der Waals surface area contributed by atoms with Gasteiger partial charge in [-0.05, 0) is 18.4 Å². The van der Waals surface area contributed by atoms with Crippen molar-refractivity contribution in [2.45, 2.75) is 33.2 Å². The summed E-state index contributed by atoms with van der Waals surface area (Å²) in [6.45, 7) is -0.173. The number of hydrogen-bond donors (Lipinski definition) is 1. The molecule has 31 heavy (non-hydrogen) atoms. The lowest BCUT2D eigenvalue weighted by molar-refractivity contribution is -0.144. The number of halogens is 3. The summed E-state index contributed by atoms with van der Waals surface area (Å²) in [6, 6.07) is 6.01. The van der Waals surface area contributed by atoms with Crippen molar-refractivity contribution >= 4 is 45.3 Å². The second-order valence-corrected chi connectivity index (χ2v) is 8.09. The van der Waals surface area contributed by atoms with Crippen LogP contribution in [0.15, 0.2) is 30.3 Å². The molecule has 13 heteroatoms. The molecule has 0 saturated heterocycles. The van der Waals surface area contributed by atoms with E-state index in [4.69, 9.17) is 4.74 Å².